The quantitative estimate of drug-likeness (QED) is 0.305. The Kier molecular flexibility index (Phi) is 7.25. The van der Waals surface area contributed by atoms with Crippen LogP contribution < -0.4 is 5.56 Å². The first-order chi connectivity index (χ1) is 16.5. The fourth-order valence-corrected chi connectivity index (χ4v) is 4.39. The Balaban J connectivity index is 1.75. The van der Waals surface area contributed by atoms with E-state index in [4.69, 9.17) is 16.6 Å². The van der Waals surface area contributed by atoms with Crippen LogP contribution in [0.5, 0.6) is 0 Å². The Hall–Kier alpha value is -3.68. The summed E-state index contributed by atoms with van der Waals surface area (Å²) in [6.07, 6.45) is 3.27. The van der Waals surface area contributed by atoms with Crippen LogP contribution in [0.15, 0.2) is 77.6 Å². The topological polar surface area (TPSA) is 58.7 Å². The molecule has 0 aliphatic rings. The molecule has 5 heteroatoms. The third kappa shape index (κ3) is 4.95. The van der Waals surface area contributed by atoms with Gasteiger partial charge in [0.25, 0.3) is 5.56 Å². The van der Waals surface area contributed by atoms with Crippen LogP contribution in [0.25, 0.3) is 16.8 Å². The van der Waals surface area contributed by atoms with Gasteiger partial charge in [-0.2, -0.15) is 5.26 Å². The first-order valence-corrected chi connectivity index (χ1v) is 11.9. The highest BCUT2D eigenvalue weighted by molar-refractivity contribution is 6.30. The van der Waals surface area contributed by atoms with E-state index in [1.54, 1.807) is 16.7 Å². The molecule has 0 atom stereocenters. The lowest BCUT2D eigenvalue weighted by Gasteiger charge is -2.16. The molecule has 170 valence electrons. The molecular weight excluding hydrogens is 442 g/mol. The molecule has 34 heavy (non-hydrogen) atoms. The van der Waals surface area contributed by atoms with Gasteiger partial charge >= 0.3 is 0 Å². The highest BCUT2D eigenvalue weighted by Crippen LogP contribution is 2.24. The summed E-state index contributed by atoms with van der Waals surface area (Å²) in [7, 11) is 0. The van der Waals surface area contributed by atoms with Gasteiger partial charge in [-0.1, -0.05) is 73.5 Å². The molecule has 4 aromatic rings. The molecule has 0 aliphatic heterocycles. The summed E-state index contributed by atoms with van der Waals surface area (Å²) >= 11 is 6.20. The molecule has 0 aliphatic carbocycles. The van der Waals surface area contributed by atoms with Crippen LogP contribution in [0.1, 0.15) is 48.0 Å². The SMILES string of the molecule is CCCCc1nc(C)n(-c2cccc(Cl)c2)c(=O)c1Cc1ccc(-c2ccccc2C#N)cc1. The van der Waals surface area contributed by atoms with Crippen molar-refractivity contribution in [3.63, 3.8) is 0 Å². The number of aromatic nitrogens is 2. The van der Waals surface area contributed by atoms with Crippen LogP contribution in [0.2, 0.25) is 5.02 Å². The number of nitriles is 1. The number of hydrogen-bond acceptors (Lipinski definition) is 3. The fourth-order valence-electron chi connectivity index (χ4n) is 4.20. The van der Waals surface area contributed by atoms with Gasteiger partial charge in [0.05, 0.1) is 23.0 Å². The van der Waals surface area contributed by atoms with Gasteiger partial charge in [-0.3, -0.25) is 9.36 Å². The van der Waals surface area contributed by atoms with Gasteiger partial charge in [0.15, 0.2) is 0 Å². The lowest BCUT2D eigenvalue weighted by atomic mass is 9.96. The number of unbranched alkanes of at least 4 members (excludes halogenated alkanes) is 1. The highest BCUT2D eigenvalue weighted by Gasteiger charge is 2.17. The number of nitrogens with zero attached hydrogens (tertiary/aromatic N) is 3. The Morgan fingerprint density at radius 3 is 2.50 bits per heavy atom. The van der Waals surface area contributed by atoms with Crippen molar-refractivity contribution in [2.24, 2.45) is 0 Å². The van der Waals surface area contributed by atoms with E-state index >= 15 is 0 Å². The Morgan fingerprint density at radius 2 is 1.79 bits per heavy atom. The minimum absolute atomic E-state index is 0.0558. The maximum Gasteiger partial charge on any atom is 0.261 e. The van der Waals surface area contributed by atoms with Gasteiger partial charge in [0.2, 0.25) is 0 Å². The third-order valence-electron chi connectivity index (χ3n) is 5.96. The average Bonchev–Trinajstić information content (AvgIpc) is 2.85. The van der Waals surface area contributed by atoms with Crippen LogP contribution in [0.4, 0.5) is 0 Å². The summed E-state index contributed by atoms with van der Waals surface area (Å²) in [6.45, 7) is 4.00. The summed E-state index contributed by atoms with van der Waals surface area (Å²) in [5, 5.41) is 10.00. The number of hydrogen-bond donors (Lipinski definition) is 0. The summed E-state index contributed by atoms with van der Waals surface area (Å²) in [6, 6.07) is 25.2. The minimum atomic E-state index is -0.0558. The number of rotatable bonds is 7. The van der Waals surface area contributed by atoms with Gasteiger partial charge in [-0.05, 0) is 60.7 Å². The molecule has 3 aromatic carbocycles. The van der Waals surface area contributed by atoms with E-state index in [2.05, 4.69) is 13.0 Å². The van der Waals surface area contributed by atoms with Crippen LogP contribution in [0, 0.1) is 18.3 Å². The van der Waals surface area contributed by atoms with Crippen LogP contribution in [0.3, 0.4) is 0 Å². The molecule has 1 heterocycles. The van der Waals surface area contributed by atoms with Gasteiger partial charge in [-0.15, -0.1) is 0 Å². The Morgan fingerprint density at radius 1 is 1.03 bits per heavy atom. The molecule has 0 radical (unpaired) electrons. The van der Waals surface area contributed by atoms with Crippen molar-refractivity contribution in [3.05, 3.63) is 116 Å². The smallest absolute Gasteiger partial charge is 0.261 e. The normalized spacial score (nSPS) is 10.8. The van der Waals surface area contributed by atoms with Crippen molar-refractivity contribution in [3.8, 4) is 22.9 Å². The summed E-state index contributed by atoms with van der Waals surface area (Å²) in [5.41, 5.74) is 5.78. The van der Waals surface area contributed by atoms with Crippen molar-refractivity contribution < 1.29 is 0 Å². The molecular formula is C29H26ClN3O. The monoisotopic (exact) mass is 467 g/mol. The number of benzene rings is 3. The molecule has 4 rings (SSSR count). The van der Waals surface area contributed by atoms with Crippen molar-refractivity contribution in [1.29, 1.82) is 5.26 Å². The van der Waals surface area contributed by atoms with Crippen molar-refractivity contribution in [2.75, 3.05) is 0 Å². The molecule has 0 unspecified atom stereocenters. The first kappa shape index (κ1) is 23.5. The standard InChI is InChI=1S/C29H26ClN3O/c1-3-4-12-28-27(29(34)33(20(2)32-28)25-10-7-9-24(30)18-25)17-21-13-15-22(16-14-21)26-11-6-5-8-23(26)19-31/h5-11,13-16,18H,3-4,12,17H2,1-2H3. The molecule has 0 amide bonds. The molecule has 0 fully saturated rings. The van der Waals surface area contributed by atoms with E-state index in [1.165, 1.54) is 0 Å². The summed E-state index contributed by atoms with van der Waals surface area (Å²) in [4.78, 5) is 18.6. The molecule has 4 nitrogen and oxygen atoms in total. The van der Waals surface area contributed by atoms with Crippen LogP contribution in [-0.4, -0.2) is 9.55 Å². The van der Waals surface area contributed by atoms with E-state index in [0.29, 0.717) is 34.1 Å². The highest BCUT2D eigenvalue weighted by atomic mass is 35.5. The predicted molar refractivity (Wildman–Crippen MR) is 138 cm³/mol. The summed E-state index contributed by atoms with van der Waals surface area (Å²) < 4.78 is 1.65. The van der Waals surface area contributed by atoms with Crippen molar-refractivity contribution >= 4 is 11.6 Å². The van der Waals surface area contributed by atoms with Crippen molar-refractivity contribution in [1.82, 2.24) is 9.55 Å². The second kappa shape index (κ2) is 10.5. The van der Waals surface area contributed by atoms with E-state index in [1.807, 2.05) is 67.6 Å². The Bertz CT molecular complexity index is 1410. The van der Waals surface area contributed by atoms with Gasteiger partial charge in [0, 0.05) is 17.0 Å². The molecule has 0 N–H and O–H groups in total. The number of aryl methyl sites for hydroxylation is 2. The van der Waals surface area contributed by atoms with E-state index < -0.39 is 0 Å². The molecule has 1 aromatic heterocycles. The Labute approximate surface area is 205 Å². The predicted octanol–water partition coefficient (Wildman–Crippen LogP) is 6.67. The van der Waals surface area contributed by atoms with E-state index in [9.17, 15) is 10.1 Å². The van der Waals surface area contributed by atoms with Crippen LogP contribution >= 0.6 is 11.6 Å². The van der Waals surface area contributed by atoms with E-state index in [0.717, 1.165) is 41.6 Å². The number of halogens is 1. The average molecular weight is 468 g/mol. The second-order valence-electron chi connectivity index (χ2n) is 8.34. The molecule has 0 spiro atoms. The lowest BCUT2D eigenvalue weighted by Crippen LogP contribution is -2.28. The largest absolute Gasteiger partial charge is 0.269 e. The second-order valence-corrected chi connectivity index (χ2v) is 8.78. The maximum atomic E-state index is 13.7. The lowest BCUT2D eigenvalue weighted by molar-refractivity contribution is 0.733. The maximum absolute atomic E-state index is 13.7. The zero-order chi connectivity index (χ0) is 24.1. The zero-order valence-corrected chi connectivity index (χ0v) is 20.1. The summed E-state index contributed by atoms with van der Waals surface area (Å²) in [5.74, 6) is 0.658. The molecule has 0 saturated carbocycles. The minimum Gasteiger partial charge on any atom is -0.269 e. The van der Waals surface area contributed by atoms with Crippen LogP contribution in [-0.2, 0) is 12.8 Å². The first-order valence-electron chi connectivity index (χ1n) is 11.5. The van der Waals surface area contributed by atoms with Gasteiger partial charge in [0.1, 0.15) is 5.82 Å². The van der Waals surface area contributed by atoms with Crippen molar-refractivity contribution in [2.45, 2.75) is 39.5 Å². The van der Waals surface area contributed by atoms with Gasteiger partial charge in [-0.25, -0.2) is 4.98 Å². The molecule has 0 bridgehead atoms. The molecule has 0 saturated heterocycles. The van der Waals surface area contributed by atoms with Gasteiger partial charge < -0.3 is 0 Å². The third-order valence-corrected chi connectivity index (χ3v) is 6.19. The van der Waals surface area contributed by atoms with E-state index in [-0.39, 0.29) is 5.56 Å². The fraction of sp³-hybridized carbons (Fsp3) is 0.207. The zero-order valence-electron chi connectivity index (χ0n) is 19.4.